The van der Waals surface area contributed by atoms with Crippen molar-refractivity contribution in [3.8, 4) is 6.07 Å². The van der Waals surface area contributed by atoms with Crippen molar-refractivity contribution in [2.45, 2.75) is 52.2 Å². The van der Waals surface area contributed by atoms with Crippen molar-refractivity contribution in [3.63, 3.8) is 0 Å². The zero-order valence-electron chi connectivity index (χ0n) is 25.2. The largest absolute Gasteiger partial charge is 0.444 e. The average Bonchev–Trinajstić information content (AvgIpc) is 3.46. The van der Waals surface area contributed by atoms with Crippen molar-refractivity contribution >= 4 is 50.6 Å². The summed E-state index contributed by atoms with van der Waals surface area (Å²) >= 11 is 0. The minimum atomic E-state index is -2.39. The number of anilines is 5. The van der Waals surface area contributed by atoms with Crippen LogP contribution in [0.15, 0.2) is 40.9 Å². The normalized spacial score (nSPS) is 15.0. The van der Waals surface area contributed by atoms with E-state index in [4.69, 9.17) is 4.74 Å². The Kier molecular flexibility index (Phi) is 8.41. The van der Waals surface area contributed by atoms with E-state index in [9.17, 15) is 14.3 Å². The first-order valence-corrected chi connectivity index (χ1v) is 16.5. The van der Waals surface area contributed by atoms with Crippen molar-refractivity contribution < 1.29 is 13.7 Å². The van der Waals surface area contributed by atoms with Crippen molar-refractivity contribution in [3.05, 3.63) is 53.2 Å². The number of amides is 1. The van der Waals surface area contributed by atoms with Gasteiger partial charge in [-0.15, -0.1) is 0 Å². The van der Waals surface area contributed by atoms with Gasteiger partial charge in [-0.2, -0.15) is 14.6 Å². The van der Waals surface area contributed by atoms with Crippen LogP contribution in [0.3, 0.4) is 0 Å². The summed E-state index contributed by atoms with van der Waals surface area (Å²) in [6.07, 6.45) is 7.22. The highest BCUT2D eigenvalue weighted by atomic mass is 32.2. The summed E-state index contributed by atoms with van der Waals surface area (Å²) < 4.78 is 21.9. The number of hydrogen-bond donors (Lipinski definition) is 2. The number of aromatic nitrogens is 3. The van der Waals surface area contributed by atoms with Gasteiger partial charge in [-0.3, -0.25) is 0 Å². The molecule has 1 aromatic carbocycles. The van der Waals surface area contributed by atoms with E-state index in [1.165, 1.54) is 24.3 Å². The van der Waals surface area contributed by atoms with Crippen molar-refractivity contribution in [1.29, 1.82) is 5.26 Å². The Morgan fingerprint density at radius 2 is 1.88 bits per heavy atom. The molecule has 0 radical (unpaired) electrons. The molecule has 5 rings (SSSR count). The van der Waals surface area contributed by atoms with Crippen LogP contribution in [-0.2, 0) is 27.4 Å². The van der Waals surface area contributed by atoms with Gasteiger partial charge in [0.25, 0.3) is 0 Å². The monoisotopic (exact) mass is 603 g/mol. The van der Waals surface area contributed by atoms with E-state index in [0.29, 0.717) is 30.7 Å². The van der Waals surface area contributed by atoms with Gasteiger partial charge in [0.05, 0.1) is 6.20 Å². The smallest absolute Gasteiger partial charge is 0.410 e. The SMILES string of the molecule is CC(C)(C)OC(=O)N1CCc2c(cc(Nc3ncc(C#N)c(Nc4cccc(N=S(C)(C)=O)n4)n3)cc2N2CCCC2)C1. The lowest BCUT2D eigenvalue weighted by Crippen LogP contribution is -2.40. The van der Waals surface area contributed by atoms with Gasteiger partial charge in [-0.25, -0.2) is 19.0 Å². The number of ether oxygens (including phenoxy) is 1. The molecule has 0 bridgehead atoms. The van der Waals surface area contributed by atoms with Gasteiger partial charge in [0.1, 0.15) is 23.1 Å². The van der Waals surface area contributed by atoms with E-state index in [1.54, 1.807) is 23.1 Å². The highest BCUT2D eigenvalue weighted by Gasteiger charge is 2.29. The van der Waals surface area contributed by atoms with Gasteiger partial charge in [-0.1, -0.05) is 6.07 Å². The minimum Gasteiger partial charge on any atom is -0.444 e. The fourth-order valence-electron chi connectivity index (χ4n) is 5.11. The molecule has 0 saturated carbocycles. The molecule has 1 saturated heterocycles. The molecule has 0 aliphatic carbocycles. The molecule has 0 atom stereocenters. The summed E-state index contributed by atoms with van der Waals surface area (Å²) in [5.41, 5.74) is 3.89. The summed E-state index contributed by atoms with van der Waals surface area (Å²) in [5, 5.41) is 16.1. The second kappa shape index (κ2) is 12.0. The first-order chi connectivity index (χ1) is 20.4. The molecule has 4 heterocycles. The molecular formula is C30H37N9O3S. The zero-order valence-corrected chi connectivity index (χ0v) is 26.0. The van der Waals surface area contributed by atoms with E-state index in [2.05, 4.69) is 47.0 Å². The highest BCUT2D eigenvalue weighted by molar-refractivity contribution is 7.92. The average molecular weight is 604 g/mol. The van der Waals surface area contributed by atoms with E-state index in [-0.39, 0.29) is 17.5 Å². The Labute approximate surface area is 252 Å². The molecule has 0 unspecified atom stereocenters. The van der Waals surface area contributed by atoms with E-state index >= 15 is 0 Å². The molecule has 2 N–H and O–H groups in total. The summed E-state index contributed by atoms with van der Waals surface area (Å²) in [4.78, 5) is 30.4. The zero-order chi connectivity index (χ0) is 30.8. The quantitative estimate of drug-likeness (QED) is 0.371. The first-order valence-electron chi connectivity index (χ1n) is 14.2. The third kappa shape index (κ3) is 7.70. The molecule has 2 aliphatic rings. The molecule has 1 amide bonds. The molecule has 13 heteroatoms. The molecule has 12 nitrogen and oxygen atoms in total. The number of carbonyl (C=O) groups excluding carboxylic acids is 1. The minimum absolute atomic E-state index is 0.237. The molecule has 1 fully saturated rings. The number of carbonyl (C=O) groups is 1. The number of benzene rings is 1. The molecule has 2 aliphatic heterocycles. The van der Waals surface area contributed by atoms with Crippen LogP contribution in [0, 0.1) is 11.3 Å². The number of fused-ring (bicyclic) bond motifs is 1. The Bertz CT molecular complexity index is 1690. The predicted octanol–water partition coefficient (Wildman–Crippen LogP) is 5.48. The van der Waals surface area contributed by atoms with Crippen LogP contribution in [0.1, 0.15) is 50.3 Å². The Morgan fingerprint density at radius 1 is 1.12 bits per heavy atom. The molecular weight excluding hydrogens is 566 g/mol. The third-order valence-corrected chi connectivity index (χ3v) is 7.50. The predicted molar refractivity (Wildman–Crippen MR) is 168 cm³/mol. The molecule has 43 heavy (non-hydrogen) atoms. The van der Waals surface area contributed by atoms with Crippen LogP contribution in [0.4, 0.5) is 39.6 Å². The Balaban J connectivity index is 1.44. The molecule has 2 aromatic heterocycles. The lowest BCUT2D eigenvalue weighted by Gasteiger charge is -2.34. The lowest BCUT2D eigenvalue weighted by atomic mass is 9.96. The van der Waals surface area contributed by atoms with Crippen LogP contribution in [0.25, 0.3) is 0 Å². The van der Waals surface area contributed by atoms with Crippen LogP contribution in [0.5, 0.6) is 0 Å². The Morgan fingerprint density at radius 3 is 2.58 bits per heavy atom. The van der Waals surface area contributed by atoms with E-state index in [1.807, 2.05) is 26.8 Å². The van der Waals surface area contributed by atoms with Crippen molar-refractivity contribution in [2.75, 3.05) is 47.7 Å². The van der Waals surface area contributed by atoms with Crippen LogP contribution in [0.2, 0.25) is 0 Å². The number of hydrogen-bond acceptors (Lipinski definition) is 11. The van der Waals surface area contributed by atoms with Gasteiger partial charge < -0.3 is 25.2 Å². The maximum absolute atomic E-state index is 12.9. The Hall–Kier alpha value is -4.44. The van der Waals surface area contributed by atoms with Gasteiger partial charge in [-0.05, 0) is 75.4 Å². The third-order valence-electron chi connectivity index (χ3n) is 6.87. The van der Waals surface area contributed by atoms with Crippen molar-refractivity contribution in [1.82, 2.24) is 19.9 Å². The second-order valence-corrected chi connectivity index (χ2v) is 14.5. The number of pyridine rings is 1. The fourth-order valence-corrected chi connectivity index (χ4v) is 5.66. The first kappa shape index (κ1) is 30.0. The summed E-state index contributed by atoms with van der Waals surface area (Å²) in [6.45, 7) is 8.61. The summed E-state index contributed by atoms with van der Waals surface area (Å²) in [6, 6.07) is 11.4. The topological polar surface area (TPSA) is 149 Å². The highest BCUT2D eigenvalue weighted by Crippen LogP contribution is 2.36. The van der Waals surface area contributed by atoms with E-state index < -0.39 is 15.3 Å². The number of rotatable bonds is 6. The van der Waals surface area contributed by atoms with Gasteiger partial charge >= 0.3 is 6.09 Å². The molecule has 226 valence electrons. The van der Waals surface area contributed by atoms with Crippen molar-refractivity contribution in [2.24, 2.45) is 4.36 Å². The maximum atomic E-state index is 12.9. The van der Waals surface area contributed by atoms with E-state index in [0.717, 1.165) is 49.3 Å². The number of nitrogens with one attached hydrogen (secondary N) is 2. The molecule has 0 spiro atoms. The van der Waals surface area contributed by atoms with Crippen LogP contribution < -0.4 is 15.5 Å². The van der Waals surface area contributed by atoms with Crippen LogP contribution >= 0.6 is 0 Å². The number of nitriles is 1. The lowest BCUT2D eigenvalue weighted by molar-refractivity contribution is 0.0224. The summed E-state index contributed by atoms with van der Waals surface area (Å²) in [7, 11) is -2.39. The van der Waals surface area contributed by atoms with Gasteiger partial charge in [0.2, 0.25) is 5.95 Å². The van der Waals surface area contributed by atoms with Gasteiger partial charge in [0.15, 0.2) is 11.6 Å². The summed E-state index contributed by atoms with van der Waals surface area (Å²) in [5.74, 6) is 1.28. The number of nitrogens with zero attached hydrogens (tertiary/aromatic N) is 7. The maximum Gasteiger partial charge on any atom is 0.410 e. The molecule has 3 aromatic rings. The van der Waals surface area contributed by atoms with Gasteiger partial charge in [0, 0.05) is 59.8 Å². The van der Waals surface area contributed by atoms with Crippen LogP contribution in [-0.4, -0.2) is 67.9 Å². The standard InChI is InChI=1S/C30H37N9O3S/c1-30(2,3)42-29(40)39-14-11-23-20(19-39)15-22(16-24(23)38-12-6-7-13-38)33-28-32-18-21(17-31)27(36-28)35-25-9-8-10-26(34-25)37-43(4,5)41/h8-10,15-16,18H,6-7,11-14,19H2,1-5H3,(H2,32,33,34,35,36). The second-order valence-electron chi connectivity index (χ2n) is 12.0. The fraction of sp³-hybridized carbons (Fsp3) is 0.433.